The number of aliphatic hydroxyl groups is 1. The first kappa shape index (κ1) is 12.4. The molecule has 1 aromatic carbocycles. The second-order valence-electron chi connectivity index (χ2n) is 5.80. The lowest BCUT2D eigenvalue weighted by Gasteiger charge is -2.27. The predicted octanol–water partition coefficient (Wildman–Crippen LogP) is 2.96. The molecule has 0 fully saturated rings. The van der Waals surface area contributed by atoms with Crippen molar-refractivity contribution in [2.75, 3.05) is 0 Å². The highest BCUT2D eigenvalue weighted by Gasteiger charge is 2.26. The Morgan fingerprint density at radius 3 is 2.65 bits per heavy atom. The van der Waals surface area contributed by atoms with Crippen molar-refractivity contribution in [2.45, 2.75) is 44.5 Å². The summed E-state index contributed by atoms with van der Waals surface area (Å²) in [5.74, 6) is 3.35. The minimum atomic E-state index is -1.36. The molecule has 0 bridgehead atoms. The highest BCUT2D eigenvalue weighted by Crippen LogP contribution is 2.31. The Hall–Kier alpha value is -1.04. The summed E-state index contributed by atoms with van der Waals surface area (Å²) in [7, 11) is -1.36. The van der Waals surface area contributed by atoms with Gasteiger partial charge in [-0.3, -0.25) is 0 Å². The Kier molecular flexibility index (Phi) is 3.42. The Balaban J connectivity index is 2.36. The van der Waals surface area contributed by atoms with E-state index in [1.54, 1.807) is 0 Å². The average Bonchev–Trinajstić information content (AvgIpc) is 2.26. The van der Waals surface area contributed by atoms with Crippen LogP contribution < -0.4 is 0 Å². The van der Waals surface area contributed by atoms with Gasteiger partial charge in [-0.15, -0.1) is 5.54 Å². The first-order valence-electron chi connectivity index (χ1n) is 6.26. The molecule has 0 saturated heterocycles. The molecule has 0 aromatic heterocycles. The Morgan fingerprint density at radius 1 is 1.24 bits per heavy atom. The summed E-state index contributed by atoms with van der Waals surface area (Å²) in [5.41, 5.74) is 5.98. The van der Waals surface area contributed by atoms with Gasteiger partial charge in [0.15, 0.2) is 0 Å². The van der Waals surface area contributed by atoms with Crippen LogP contribution in [0.4, 0.5) is 0 Å². The van der Waals surface area contributed by atoms with E-state index in [0.29, 0.717) is 0 Å². The van der Waals surface area contributed by atoms with Crippen molar-refractivity contribution in [3.63, 3.8) is 0 Å². The summed E-state index contributed by atoms with van der Waals surface area (Å²) in [6, 6.07) is 8.38. The van der Waals surface area contributed by atoms with Crippen molar-refractivity contribution in [1.29, 1.82) is 0 Å². The summed E-state index contributed by atoms with van der Waals surface area (Å²) in [6.45, 7) is 6.71. The van der Waals surface area contributed by atoms with Crippen LogP contribution in [0.25, 0.3) is 0 Å². The third-order valence-electron chi connectivity index (χ3n) is 3.09. The molecule has 2 rings (SSSR count). The molecule has 0 radical (unpaired) electrons. The van der Waals surface area contributed by atoms with Crippen molar-refractivity contribution in [3.8, 4) is 11.5 Å². The van der Waals surface area contributed by atoms with Crippen LogP contribution in [0.5, 0.6) is 0 Å². The van der Waals surface area contributed by atoms with Gasteiger partial charge >= 0.3 is 0 Å². The van der Waals surface area contributed by atoms with E-state index in [1.165, 1.54) is 11.1 Å². The van der Waals surface area contributed by atoms with Gasteiger partial charge in [-0.1, -0.05) is 49.8 Å². The maximum Gasteiger partial charge on any atom is 0.129 e. The van der Waals surface area contributed by atoms with Gasteiger partial charge in [0.1, 0.15) is 8.07 Å². The van der Waals surface area contributed by atoms with Gasteiger partial charge in [-0.05, 0) is 24.0 Å². The zero-order chi connectivity index (χ0) is 12.5. The molecule has 1 aromatic rings. The first-order valence-corrected chi connectivity index (χ1v) is 9.76. The third kappa shape index (κ3) is 2.99. The van der Waals surface area contributed by atoms with E-state index in [9.17, 15) is 5.11 Å². The molecule has 1 N–H and O–H groups in total. The minimum absolute atomic E-state index is 0.0201. The zero-order valence-corrected chi connectivity index (χ0v) is 11.8. The van der Waals surface area contributed by atoms with Gasteiger partial charge in [-0.2, -0.15) is 0 Å². The molecule has 1 aliphatic carbocycles. The van der Waals surface area contributed by atoms with Crippen molar-refractivity contribution in [2.24, 2.45) is 0 Å². The number of fused-ring (bicyclic) bond motifs is 1. The van der Waals surface area contributed by atoms with E-state index >= 15 is 0 Å². The van der Waals surface area contributed by atoms with Crippen LogP contribution in [0.15, 0.2) is 24.3 Å². The Labute approximate surface area is 105 Å². The molecule has 17 heavy (non-hydrogen) atoms. The second kappa shape index (κ2) is 4.68. The van der Waals surface area contributed by atoms with Crippen LogP contribution in [0.3, 0.4) is 0 Å². The smallest absolute Gasteiger partial charge is 0.129 e. The van der Waals surface area contributed by atoms with E-state index in [1.807, 2.05) is 6.07 Å². The molecule has 1 aliphatic rings. The lowest BCUT2D eigenvalue weighted by atomic mass is 9.81. The van der Waals surface area contributed by atoms with Gasteiger partial charge in [0, 0.05) is 0 Å². The van der Waals surface area contributed by atoms with Crippen LogP contribution in [0, 0.1) is 11.5 Å². The highest BCUT2D eigenvalue weighted by atomic mass is 28.3. The molecule has 90 valence electrons. The fraction of sp³-hybridized carbons (Fsp3) is 0.467. The topological polar surface area (TPSA) is 20.2 Å². The van der Waals surface area contributed by atoms with Crippen LogP contribution >= 0.6 is 0 Å². The molecule has 0 aliphatic heterocycles. The maximum absolute atomic E-state index is 10.1. The molecule has 0 heterocycles. The standard InChI is InChI=1S/C15H20OSi/c1-17(2,3)11-10-14-13-7-5-4-6-12(13)8-9-15(14)16/h4-7,14-16H,8-9H2,1-3H3. The van der Waals surface area contributed by atoms with Crippen molar-refractivity contribution < 1.29 is 5.11 Å². The summed E-state index contributed by atoms with van der Waals surface area (Å²) in [5, 5.41) is 10.1. The number of aliphatic hydroxyl groups excluding tert-OH is 1. The number of benzene rings is 1. The predicted molar refractivity (Wildman–Crippen MR) is 74.6 cm³/mol. The number of hydrogen-bond acceptors (Lipinski definition) is 1. The first-order chi connectivity index (χ1) is 7.97. The van der Waals surface area contributed by atoms with Gasteiger partial charge in [0.2, 0.25) is 0 Å². The number of aryl methyl sites for hydroxylation is 1. The molecule has 2 heteroatoms. The maximum atomic E-state index is 10.1. The molecule has 0 saturated carbocycles. The summed E-state index contributed by atoms with van der Waals surface area (Å²) in [4.78, 5) is 0. The number of hydrogen-bond donors (Lipinski definition) is 1. The normalized spacial score (nSPS) is 23.5. The van der Waals surface area contributed by atoms with E-state index in [4.69, 9.17) is 0 Å². The van der Waals surface area contributed by atoms with Gasteiger partial charge in [-0.25, -0.2) is 0 Å². The van der Waals surface area contributed by atoms with E-state index < -0.39 is 8.07 Å². The fourth-order valence-corrected chi connectivity index (χ4v) is 2.80. The van der Waals surface area contributed by atoms with Crippen molar-refractivity contribution >= 4 is 8.07 Å². The lowest BCUT2D eigenvalue weighted by molar-refractivity contribution is 0.145. The van der Waals surface area contributed by atoms with Gasteiger partial charge < -0.3 is 5.11 Å². The average molecular weight is 244 g/mol. The SMILES string of the molecule is C[Si](C)(C)C#CC1c2ccccc2CCC1O. The van der Waals surface area contributed by atoms with Crippen LogP contribution in [0.2, 0.25) is 19.6 Å². The lowest BCUT2D eigenvalue weighted by Crippen LogP contribution is -2.25. The van der Waals surface area contributed by atoms with Crippen LogP contribution in [-0.2, 0) is 6.42 Å². The highest BCUT2D eigenvalue weighted by molar-refractivity contribution is 6.83. The largest absolute Gasteiger partial charge is 0.391 e. The Morgan fingerprint density at radius 2 is 1.94 bits per heavy atom. The summed E-state index contributed by atoms with van der Waals surface area (Å²) >= 11 is 0. The molecular formula is C15H20OSi. The van der Waals surface area contributed by atoms with Crippen LogP contribution in [0.1, 0.15) is 23.5 Å². The monoisotopic (exact) mass is 244 g/mol. The molecule has 0 spiro atoms. The van der Waals surface area contributed by atoms with E-state index in [-0.39, 0.29) is 12.0 Å². The van der Waals surface area contributed by atoms with E-state index in [2.05, 4.69) is 49.3 Å². The van der Waals surface area contributed by atoms with Crippen molar-refractivity contribution in [1.82, 2.24) is 0 Å². The van der Waals surface area contributed by atoms with Crippen molar-refractivity contribution in [3.05, 3.63) is 35.4 Å². The summed E-state index contributed by atoms with van der Waals surface area (Å²) in [6.07, 6.45) is 1.51. The molecule has 2 atom stereocenters. The fourth-order valence-electron chi connectivity index (χ4n) is 2.21. The quantitative estimate of drug-likeness (QED) is 0.549. The summed E-state index contributed by atoms with van der Waals surface area (Å²) < 4.78 is 0. The molecular weight excluding hydrogens is 224 g/mol. The van der Waals surface area contributed by atoms with E-state index in [0.717, 1.165) is 12.8 Å². The molecule has 1 nitrogen and oxygen atoms in total. The zero-order valence-electron chi connectivity index (χ0n) is 10.8. The number of rotatable bonds is 0. The van der Waals surface area contributed by atoms with Gasteiger partial charge in [0.25, 0.3) is 0 Å². The molecule has 2 unspecified atom stereocenters. The minimum Gasteiger partial charge on any atom is -0.391 e. The van der Waals surface area contributed by atoms with Crippen LogP contribution in [-0.4, -0.2) is 19.3 Å². The third-order valence-corrected chi connectivity index (χ3v) is 3.98. The molecule has 0 amide bonds. The second-order valence-corrected chi connectivity index (χ2v) is 10.6. The van der Waals surface area contributed by atoms with Gasteiger partial charge in [0.05, 0.1) is 12.0 Å². The Bertz CT molecular complexity index is 462.